The maximum Gasteiger partial charge on any atom is 0.350 e. The van der Waals surface area contributed by atoms with E-state index in [4.69, 9.17) is 9.15 Å². The highest BCUT2D eigenvalue weighted by molar-refractivity contribution is 5.82. The summed E-state index contributed by atoms with van der Waals surface area (Å²) < 4.78 is 11.0. The molecule has 0 bridgehead atoms. The number of rotatable bonds is 7. The number of allylic oxidation sites excluding steroid dienone is 1. The lowest BCUT2D eigenvalue weighted by atomic mass is 10.3. The molecule has 0 aliphatic rings. The zero-order valence-corrected chi connectivity index (χ0v) is 12.9. The van der Waals surface area contributed by atoms with Crippen LogP contribution < -0.4 is 10.2 Å². The molecule has 10 heteroatoms. The summed E-state index contributed by atoms with van der Waals surface area (Å²) in [5.74, 6) is -0.000627. The van der Waals surface area contributed by atoms with Crippen LogP contribution in [0.4, 0.5) is 5.69 Å². The first kappa shape index (κ1) is 16.9. The highest BCUT2D eigenvalue weighted by atomic mass is 16.6. The molecule has 126 valence electrons. The van der Waals surface area contributed by atoms with Crippen molar-refractivity contribution in [1.82, 2.24) is 15.2 Å². The molecule has 0 fully saturated rings. The van der Waals surface area contributed by atoms with Crippen molar-refractivity contribution in [3.05, 3.63) is 46.5 Å². The minimum atomic E-state index is -0.807. The number of furan rings is 1. The molecule has 0 saturated carbocycles. The van der Waals surface area contributed by atoms with Gasteiger partial charge in [0, 0.05) is 6.21 Å². The summed E-state index contributed by atoms with van der Waals surface area (Å²) in [5.41, 5.74) is 2.00. The Morgan fingerprint density at radius 3 is 3.00 bits per heavy atom. The molecule has 1 unspecified atom stereocenters. The number of aromatic nitrogens is 2. The Bertz CT molecular complexity index is 763. The Hall–Kier alpha value is -3.43. The van der Waals surface area contributed by atoms with Gasteiger partial charge in [-0.2, -0.15) is 5.10 Å². The maximum atomic E-state index is 12.0. The van der Waals surface area contributed by atoms with Crippen LogP contribution in [-0.4, -0.2) is 33.9 Å². The number of nitrogens with one attached hydrogen (secondary N) is 1. The zero-order chi connectivity index (χ0) is 17.5. The lowest BCUT2D eigenvalue weighted by molar-refractivity contribution is -0.385. The quantitative estimate of drug-likeness (QED) is 0.467. The lowest BCUT2D eigenvalue weighted by Gasteiger charge is -2.08. The Morgan fingerprint density at radius 2 is 2.42 bits per heavy atom. The van der Waals surface area contributed by atoms with Gasteiger partial charge in [0.1, 0.15) is 18.0 Å². The number of carbonyl (C=O) groups excluding carboxylic acids is 1. The Kier molecular flexibility index (Phi) is 5.45. The number of hydrogen-bond acceptors (Lipinski definition) is 7. The van der Waals surface area contributed by atoms with E-state index >= 15 is 0 Å². The van der Waals surface area contributed by atoms with Crippen LogP contribution in [0.3, 0.4) is 0 Å². The van der Waals surface area contributed by atoms with Gasteiger partial charge in [-0.05, 0) is 31.2 Å². The average Bonchev–Trinajstić information content (AvgIpc) is 3.22. The van der Waals surface area contributed by atoms with Gasteiger partial charge in [0.15, 0.2) is 0 Å². The molecule has 0 aliphatic carbocycles. The fraction of sp³-hybridized carbons (Fsp3) is 0.214. The fourth-order valence-corrected chi connectivity index (χ4v) is 1.72. The lowest BCUT2D eigenvalue weighted by Crippen LogP contribution is -2.27. The number of hydrazone groups is 1. The predicted octanol–water partition coefficient (Wildman–Crippen LogP) is 1.77. The van der Waals surface area contributed by atoms with Crippen molar-refractivity contribution in [2.24, 2.45) is 5.10 Å². The minimum absolute atomic E-state index is 0.162. The summed E-state index contributed by atoms with van der Waals surface area (Å²) in [4.78, 5) is 22.2. The fourth-order valence-electron chi connectivity index (χ4n) is 1.72. The van der Waals surface area contributed by atoms with Gasteiger partial charge < -0.3 is 9.15 Å². The van der Waals surface area contributed by atoms with Crippen LogP contribution in [0.2, 0.25) is 0 Å². The van der Waals surface area contributed by atoms with Crippen LogP contribution in [0.1, 0.15) is 18.7 Å². The normalized spacial score (nSPS) is 12.6. The monoisotopic (exact) mass is 333 g/mol. The molecule has 1 atom stereocenters. The molecular weight excluding hydrogens is 318 g/mol. The van der Waals surface area contributed by atoms with Crippen molar-refractivity contribution in [2.75, 3.05) is 7.11 Å². The molecule has 2 aromatic heterocycles. The summed E-state index contributed by atoms with van der Waals surface area (Å²) >= 11 is 0. The minimum Gasteiger partial charge on any atom is -0.475 e. The number of nitrogens with zero attached hydrogens (tertiary/aromatic N) is 4. The number of ether oxygens (including phenoxy) is 1. The van der Waals surface area contributed by atoms with Crippen LogP contribution in [0.15, 0.2) is 40.2 Å². The van der Waals surface area contributed by atoms with E-state index in [0.29, 0.717) is 5.76 Å². The molecule has 2 rings (SSSR count). The zero-order valence-electron chi connectivity index (χ0n) is 12.9. The molecule has 24 heavy (non-hydrogen) atoms. The largest absolute Gasteiger partial charge is 0.475 e. The van der Waals surface area contributed by atoms with Gasteiger partial charge in [-0.3, -0.25) is 14.9 Å². The molecule has 10 nitrogen and oxygen atoms in total. The molecule has 0 radical (unpaired) electrons. The van der Waals surface area contributed by atoms with E-state index in [0.717, 1.165) is 10.9 Å². The van der Waals surface area contributed by atoms with Crippen LogP contribution in [0.25, 0.3) is 6.08 Å². The van der Waals surface area contributed by atoms with Gasteiger partial charge in [-0.25, -0.2) is 10.1 Å². The van der Waals surface area contributed by atoms with Gasteiger partial charge in [-0.15, -0.1) is 5.10 Å². The van der Waals surface area contributed by atoms with E-state index in [2.05, 4.69) is 15.6 Å². The van der Waals surface area contributed by atoms with E-state index in [9.17, 15) is 14.9 Å². The molecule has 0 aromatic carbocycles. The first-order valence-electron chi connectivity index (χ1n) is 6.83. The first-order chi connectivity index (χ1) is 11.5. The molecule has 0 spiro atoms. The summed E-state index contributed by atoms with van der Waals surface area (Å²) in [5, 5.41) is 18.5. The van der Waals surface area contributed by atoms with Crippen LogP contribution in [-0.2, 0) is 4.79 Å². The van der Waals surface area contributed by atoms with Crippen LogP contribution in [0, 0.1) is 10.1 Å². The van der Waals surface area contributed by atoms with E-state index in [-0.39, 0.29) is 11.6 Å². The van der Waals surface area contributed by atoms with Crippen molar-refractivity contribution in [1.29, 1.82) is 0 Å². The molecule has 1 amide bonds. The number of amides is 1. The topological polar surface area (TPSA) is 125 Å². The molecule has 1 N–H and O–H groups in total. The van der Waals surface area contributed by atoms with Crippen LogP contribution in [0.5, 0.6) is 5.88 Å². The number of carbonyl (C=O) groups is 1. The van der Waals surface area contributed by atoms with Crippen molar-refractivity contribution >= 4 is 23.9 Å². The second-order valence-electron chi connectivity index (χ2n) is 4.57. The highest BCUT2D eigenvalue weighted by Gasteiger charge is 2.24. The first-order valence-corrected chi connectivity index (χ1v) is 6.83. The van der Waals surface area contributed by atoms with E-state index in [1.807, 2.05) is 0 Å². The van der Waals surface area contributed by atoms with Gasteiger partial charge in [0.25, 0.3) is 5.91 Å². The van der Waals surface area contributed by atoms with Crippen molar-refractivity contribution in [3.8, 4) is 5.88 Å². The van der Waals surface area contributed by atoms with Gasteiger partial charge >= 0.3 is 11.6 Å². The maximum absolute atomic E-state index is 12.0. The second-order valence-corrected chi connectivity index (χ2v) is 4.57. The van der Waals surface area contributed by atoms with Crippen molar-refractivity contribution < 1.29 is 18.9 Å². The van der Waals surface area contributed by atoms with Gasteiger partial charge in [0.05, 0.1) is 18.3 Å². The molecule has 0 aliphatic heterocycles. The summed E-state index contributed by atoms with van der Waals surface area (Å²) in [7, 11) is 1.26. The second kappa shape index (κ2) is 7.72. The number of hydrogen-bond donors (Lipinski definition) is 1. The van der Waals surface area contributed by atoms with Gasteiger partial charge in [-0.1, -0.05) is 0 Å². The SMILES string of the molecule is COc1nn(C(C)C(=O)N/N=C/C=C/c2ccco2)cc1[N+](=O)[O-]. The molecule has 2 heterocycles. The summed E-state index contributed by atoms with van der Waals surface area (Å²) in [6.45, 7) is 1.53. The summed E-state index contributed by atoms with van der Waals surface area (Å²) in [6, 6.07) is 2.71. The van der Waals surface area contributed by atoms with E-state index < -0.39 is 16.9 Å². The molecule has 0 saturated heterocycles. The predicted molar refractivity (Wildman–Crippen MR) is 84.5 cm³/mol. The van der Waals surface area contributed by atoms with Gasteiger partial charge in [0.2, 0.25) is 0 Å². The standard InChI is InChI=1S/C14H15N5O5/c1-10(18-9-12(19(21)22)14(17-18)23-2)13(20)16-15-7-3-5-11-6-4-8-24-11/h3-10H,1-2H3,(H,16,20)/b5-3+,15-7+. The van der Waals surface area contributed by atoms with Crippen molar-refractivity contribution in [2.45, 2.75) is 13.0 Å². The third kappa shape index (κ3) is 4.06. The van der Waals surface area contributed by atoms with E-state index in [1.165, 1.54) is 26.5 Å². The molecule has 2 aromatic rings. The summed E-state index contributed by atoms with van der Waals surface area (Å²) in [6.07, 6.45) is 7.30. The third-order valence-corrected chi connectivity index (χ3v) is 2.99. The van der Waals surface area contributed by atoms with Crippen LogP contribution >= 0.6 is 0 Å². The smallest absolute Gasteiger partial charge is 0.350 e. The Morgan fingerprint density at radius 1 is 1.62 bits per heavy atom. The Labute approximate surface area is 136 Å². The third-order valence-electron chi connectivity index (χ3n) is 2.99. The molecular formula is C14H15N5O5. The van der Waals surface area contributed by atoms with Crippen molar-refractivity contribution in [3.63, 3.8) is 0 Å². The van der Waals surface area contributed by atoms with E-state index in [1.54, 1.807) is 24.3 Å². The number of methoxy groups -OCH3 is 1. The highest BCUT2D eigenvalue weighted by Crippen LogP contribution is 2.25. The average molecular weight is 333 g/mol. The Balaban J connectivity index is 1.95. The number of nitro groups is 1.